The highest BCUT2D eigenvalue weighted by Gasteiger charge is 2.21. The number of carbonyl (C=O) groups is 1. The van der Waals surface area contributed by atoms with Crippen LogP contribution in [-0.2, 0) is 19.4 Å². The van der Waals surface area contributed by atoms with Gasteiger partial charge in [0.15, 0.2) is 0 Å². The third-order valence-electron chi connectivity index (χ3n) is 7.25. The Kier molecular flexibility index (Phi) is 5.93. The zero-order valence-corrected chi connectivity index (χ0v) is 19.9. The van der Waals surface area contributed by atoms with Crippen LogP contribution in [0.25, 0.3) is 10.9 Å². The highest BCUT2D eigenvalue weighted by molar-refractivity contribution is 6.13. The Morgan fingerprint density at radius 1 is 0.829 bits per heavy atom. The maximum atomic E-state index is 13.5. The van der Waals surface area contributed by atoms with Crippen molar-refractivity contribution in [2.75, 3.05) is 36.4 Å². The third kappa shape index (κ3) is 4.64. The number of carbonyl (C=O) groups excluding carboxylic acids is 1. The number of hydrogen-bond donors (Lipinski definition) is 1. The number of pyridine rings is 1. The van der Waals surface area contributed by atoms with Crippen molar-refractivity contribution in [3.8, 4) is 0 Å². The predicted octanol–water partition coefficient (Wildman–Crippen LogP) is 5.30. The summed E-state index contributed by atoms with van der Waals surface area (Å²) in [5.74, 6) is 0.799. The van der Waals surface area contributed by atoms with Crippen LogP contribution in [0, 0.1) is 0 Å². The van der Waals surface area contributed by atoms with E-state index < -0.39 is 0 Å². The van der Waals surface area contributed by atoms with E-state index in [0.717, 1.165) is 68.0 Å². The molecular formula is C30H30N4O. The minimum absolute atomic E-state index is 0.0782. The van der Waals surface area contributed by atoms with Crippen molar-refractivity contribution in [2.45, 2.75) is 25.8 Å². The second-order valence-electron chi connectivity index (χ2n) is 9.59. The lowest BCUT2D eigenvalue weighted by atomic mass is 10.1. The van der Waals surface area contributed by atoms with Crippen LogP contribution < -0.4 is 10.2 Å². The largest absolute Gasteiger partial charge is 0.354 e. The van der Waals surface area contributed by atoms with Crippen molar-refractivity contribution in [1.29, 1.82) is 0 Å². The monoisotopic (exact) mass is 462 g/mol. The zero-order valence-electron chi connectivity index (χ0n) is 19.9. The first-order valence-corrected chi connectivity index (χ1v) is 12.6. The molecule has 2 heterocycles. The van der Waals surface area contributed by atoms with Crippen LogP contribution in [0.15, 0.2) is 78.9 Å². The van der Waals surface area contributed by atoms with E-state index in [1.54, 1.807) is 0 Å². The number of amides is 1. The normalized spacial score (nSPS) is 15.8. The van der Waals surface area contributed by atoms with E-state index >= 15 is 0 Å². The number of rotatable bonds is 5. The predicted molar refractivity (Wildman–Crippen MR) is 142 cm³/mol. The molecule has 0 spiro atoms. The van der Waals surface area contributed by atoms with Gasteiger partial charge in [-0.25, -0.2) is 4.98 Å². The lowest BCUT2D eigenvalue weighted by Gasteiger charge is -2.35. The maximum absolute atomic E-state index is 13.5. The number of nitrogens with zero attached hydrogens (tertiary/aromatic N) is 3. The Bertz CT molecular complexity index is 1360. The van der Waals surface area contributed by atoms with Crippen LogP contribution in [0.1, 0.15) is 33.5 Å². The number of hydrogen-bond acceptors (Lipinski definition) is 4. The summed E-state index contributed by atoms with van der Waals surface area (Å²) in [6.07, 6.45) is 3.43. The molecule has 176 valence electrons. The molecule has 1 saturated heterocycles. The highest BCUT2D eigenvalue weighted by Crippen LogP contribution is 2.28. The van der Waals surface area contributed by atoms with Crippen LogP contribution in [-0.4, -0.2) is 42.0 Å². The van der Waals surface area contributed by atoms with Crippen molar-refractivity contribution in [3.63, 3.8) is 0 Å². The standard InChI is InChI=1S/C30H30N4O/c35-30(31-25-14-13-23-9-6-10-24(23)19-25)27-20-29(32-28-12-5-4-11-26(27)28)34-17-15-33(16-18-34)21-22-7-2-1-3-8-22/h1-5,7-8,11-14,19-20H,6,9-10,15-18,21H2,(H,31,35). The average molecular weight is 463 g/mol. The molecule has 1 fully saturated rings. The number of aryl methyl sites for hydroxylation is 2. The molecule has 0 radical (unpaired) electrons. The molecule has 5 nitrogen and oxygen atoms in total. The Morgan fingerprint density at radius 3 is 2.46 bits per heavy atom. The van der Waals surface area contributed by atoms with Crippen molar-refractivity contribution in [2.24, 2.45) is 0 Å². The number of nitrogens with one attached hydrogen (secondary N) is 1. The fourth-order valence-electron chi connectivity index (χ4n) is 5.34. The van der Waals surface area contributed by atoms with Gasteiger partial charge in [-0.2, -0.15) is 0 Å². The number of para-hydroxylation sites is 1. The van der Waals surface area contributed by atoms with Crippen molar-refractivity contribution in [1.82, 2.24) is 9.88 Å². The molecular weight excluding hydrogens is 432 g/mol. The van der Waals surface area contributed by atoms with Gasteiger partial charge in [0.25, 0.3) is 5.91 Å². The number of piperazine rings is 1. The van der Waals surface area contributed by atoms with E-state index in [1.165, 1.54) is 23.1 Å². The topological polar surface area (TPSA) is 48.5 Å². The molecule has 0 bridgehead atoms. The van der Waals surface area contributed by atoms with Gasteiger partial charge in [-0.05, 0) is 60.2 Å². The number of aromatic nitrogens is 1. The fourth-order valence-corrected chi connectivity index (χ4v) is 5.34. The molecule has 5 heteroatoms. The molecule has 1 N–H and O–H groups in total. The molecule has 1 aliphatic heterocycles. The highest BCUT2D eigenvalue weighted by atomic mass is 16.1. The Balaban J connectivity index is 1.22. The first kappa shape index (κ1) is 21.8. The Morgan fingerprint density at radius 2 is 1.60 bits per heavy atom. The zero-order chi connectivity index (χ0) is 23.6. The number of anilines is 2. The first-order valence-electron chi connectivity index (χ1n) is 12.6. The number of benzene rings is 3. The van der Waals surface area contributed by atoms with Crippen molar-refractivity contribution < 1.29 is 4.79 Å². The summed E-state index contributed by atoms with van der Waals surface area (Å²) in [6.45, 7) is 4.70. The van der Waals surface area contributed by atoms with Gasteiger partial charge >= 0.3 is 0 Å². The minimum Gasteiger partial charge on any atom is -0.354 e. The molecule has 1 aliphatic carbocycles. The molecule has 0 saturated carbocycles. The van der Waals surface area contributed by atoms with E-state index in [4.69, 9.17) is 4.98 Å². The van der Waals surface area contributed by atoms with Gasteiger partial charge in [0.2, 0.25) is 0 Å². The van der Waals surface area contributed by atoms with Crippen molar-refractivity contribution in [3.05, 3.63) is 101 Å². The van der Waals surface area contributed by atoms with E-state index in [-0.39, 0.29) is 5.91 Å². The average Bonchev–Trinajstić information content (AvgIpc) is 3.37. The molecule has 6 rings (SSSR count). The second kappa shape index (κ2) is 9.51. The van der Waals surface area contributed by atoms with Crippen LogP contribution >= 0.6 is 0 Å². The van der Waals surface area contributed by atoms with Gasteiger partial charge in [0, 0.05) is 43.8 Å². The first-order chi connectivity index (χ1) is 17.2. The van der Waals surface area contributed by atoms with Crippen LogP contribution in [0.3, 0.4) is 0 Å². The van der Waals surface area contributed by atoms with E-state index in [2.05, 4.69) is 57.6 Å². The summed E-state index contributed by atoms with van der Waals surface area (Å²) in [5.41, 5.74) is 6.51. The lowest BCUT2D eigenvalue weighted by molar-refractivity contribution is 0.102. The molecule has 1 aromatic heterocycles. The van der Waals surface area contributed by atoms with Crippen LogP contribution in [0.4, 0.5) is 11.5 Å². The van der Waals surface area contributed by atoms with E-state index in [9.17, 15) is 4.79 Å². The summed E-state index contributed by atoms with van der Waals surface area (Å²) >= 11 is 0. The minimum atomic E-state index is -0.0782. The van der Waals surface area contributed by atoms with Gasteiger partial charge in [0.05, 0.1) is 11.1 Å². The van der Waals surface area contributed by atoms with Gasteiger partial charge < -0.3 is 10.2 Å². The Hall–Kier alpha value is -3.70. The summed E-state index contributed by atoms with van der Waals surface area (Å²) in [4.78, 5) is 23.2. The van der Waals surface area contributed by atoms with Gasteiger partial charge in [-0.1, -0.05) is 54.6 Å². The lowest BCUT2D eigenvalue weighted by Crippen LogP contribution is -2.46. The molecule has 0 unspecified atom stereocenters. The molecule has 4 aromatic rings. The quantitative estimate of drug-likeness (QED) is 0.437. The van der Waals surface area contributed by atoms with Gasteiger partial charge in [-0.15, -0.1) is 0 Å². The molecule has 0 atom stereocenters. The van der Waals surface area contributed by atoms with E-state index in [0.29, 0.717) is 5.56 Å². The molecule has 1 amide bonds. The van der Waals surface area contributed by atoms with Crippen LogP contribution in [0.2, 0.25) is 0 Å². The Labute approximate surface area is 206 Å². The molecule has 35 heavy (non-hydrogen) atoms. The smallest absolute Gasteiger partial charge is 0.256 e. The third-order valence-corrected chi connectivity index (χ3v) is 7.25. The summed E-state index contributed by atoms with van der Waals surface area (Å²) < 4.78 is 0. The van der Waals surface area contributed by atoms with E-state index in [1.807, 2.05) is 36.4 Å². The molecule has 2 aliphatic rings. The maximum Gasteiger partial charge on any atom is 0.256 e. The van der Waals surface area contributed by atoms with Gasteiger partial charge in [0.1, 0.15) is 5.82 Å². The summed E-state index contributed by atoms with van der Waals surface area (Å²) in [5, 5.41) is 4.04. The van der Waals surface area contributed by atoms with Crippen LogP contribution in [0.5, 0.6) is 0 Å². The second-order valence-corrected chi connectivity index (χ2v) is 9.59. The summed E-state index contributed by atoms with van der Waals surface area (Å²) in [7, 11) is 0. The number of fused-ring (bicyclic) bond motifs is 2. The van der Waals surface area contributed by atoms with Crippen molar-refractivity contribution >= 4 is 28.3 Å². The summed E-state index contributed by atoms with van der Waals surface area (Å²) in [6, 6.07) is 26.8. The molecule has 3 aromatic carbocycles. The SMILES string of the molecule is O=C(Nc1ccc2c(c1)CCC2)c1cc(N2CCN(Cc3ccccc3)CC2)nc2ccccc12. The fraction of sp³-hybridized carbons (Fsp3) is 0.267. The van der Waals surface area contributed by atoms with Gasteiger partial charge in [-0.3, -0.25) is 9.69 Å².